The summed E-state index contributed by atoms with van der Waals surface area (Å²) >= 11 is 0. The number of carbonyl (C=O) groups is 1. The Morgan fingerprint density at radius 2 is 2.16 bits per heavy atom. The maximum atomic E-state index is 13.5. The highest BCUT2D eigenvalue weighted by Gasteiger charge is 2.41. The van der Waals surface area contributed by atoms with E-state index in [2.05, 4.69) is 12.1 Å². The minimum Gasteiger partial charge on any atom is -0.444 e. The second-order valence-electron chi connectivity index (χ2n) is 7.81. The summed E-state index contributed by atoms with van der Waals surface area (Å²) in [4.78, 5) is 14.3. The molecule has 0 aliphatic carbocycles. The molecule has 1 aromatic carbocycles. The SMILES string of the molecule is CC(C)(C)OC(=O)N1C2C=C(Cc3cc(F)ccc3C#N)CC1CC2. The molecule has 25 heavy (non-hydrogen) atoms. The zero-order valence-corrected chi connectivity index (χ0v) is 14.9. The van der Waals surface area contributed by atoms with Crippen LogP contribution in [0.5, 0.6) is 0 Å². The molecule has 2 heterocycles. The molecule has 0 spiro atoms. The maximum absolute atomic E-state index is 13.5. The summed E-state index contributed by atoms with van der Waals surface area (Å²) in [5, 5.41) is 9.22. The first kappa shape index (κ1) is 17.5. The number of amides is 1. The fraction of sp³-hybridized carbons (Fsp3) is 0.500. The van der Waals surface area contributed by atoms with E-state index in [4.69, 9.17) is 4.74 Å². The molecule has 132 valence electrons. The van der Waals surface area contributed by atoms with Crippen molar-refractivity contribution in [1.82, 2.24) is 4.90 Å². The lowest BCUT2D eigenvalue weighted by Crippen LogP contribution is -2.45. The van der Waals surface area contributed by atoms with Gasteiger partial charge < -0.3 is 4.74 Å². The van der Waals surface area contributed by atoms with Crippen molar-refractivity contribution < 1.29 is 13.9 Å². The molecule has 5 heteroatoms. The van der Waals surface area contributed by atoms with E-state index in [9.17, 15) is 14.4 Å². The van der Waals surface area contributed by atoms with Crippen LogP contribution in [0.2, 0.25) is 0 Å². The lowest BCUT2D eigenvalue weighted by atomic mass is 9.93. The minimum atomic E-state index is -0.510. The van der Waals surface area contributed by atoms with E-state index in [-0.39, 0.29) is 24.0 Å². The van der Waals surface area contributed by atoms with Gasteiger partial charge in [0.15, 0.2) is 0 Å². The molecule has 0 aromatic heterocycles. The summed E-state index contributed by atoms with van der Waals surface area (Å²) in [7, 11) is 0. The lowest BCUT2D eigenvalue weighted by molar-refractivity contribution is 0.0166. The van der Waals surface area contributed by atoms with E-state index in [1.807, 2.05) is 25.7 Å². The van der Waals surface area contributed by atoms with E-state index in [1.54, 1.807) is 0 Å². The number of nitrogens with zero attached hydrogens (tertiary/aromatic N) is 2. The Morgan fingerprint density at radius 1 is 1.40 bits per heavy atom. The van der Waals surface area contributed by atoms with Crippen molar-refractivity contribution in [1.29, 1.82) is 5.26 Å². The number of halogens is 1. The van der Waals surface area contributed by atoms with Gasteiger partial charge in [0.1, 0.15) is 11.4 Å². The number of hydrogen-bond donors (Lipinski definition) is 0. The molecule has 4 nitrogen and oxygen atoms in total. The van der Waals surface area contributed by atoms with Crippen LogP contribution in [0.1, 0.15) is 51.2 Å². The summed E-state index contributed by atoms with van der Waals surface area (Å²) in [6, 6.07) is 6.55. The predicted octanol–water partition coefficient (Wildman–Crippen LogP) is 4.34. The van der Waals surface area contributed by atoms with Crippen molar-refractivity contribution in [3.8, 4) is 6.07 Å². The molecule has 2 bridgehead atoms. The molecular weight excluding hydrogens is 319 g/mol. The highest BCUT2D eigenvalue weighted by atomic mass is 19.1. The molecular formula is C20H23FN2O2. The van der Waals surface area contributed by atoms with Crippen LogP contribution in [0.15, 0.2) is 29.8 Å². The molecule has 1 aromatic rings. The van der Waals surface area contributed by atoms with Gasteiger partial charge in [-0.25, -0.2) is 9.18 Å². The molecule has 0 N–H and O–H groups in total. The molecule has 2 aliphatic rings. The van der Waals surface area contributed by atoms with Gasteiger partial charge in [-0.2, -0.15) is 5.26 Å². The van der Waals surface area contributed by atoms with Crippen LogP contribution in [0.4, 0.5) is 9.18 Å². The number of carbonyl (C=O) groups excluding carboxylic acids is 1. The molecule has 1 saturated heterocycles. The van der Waals surface area contributed by atoms with Crippen LogP contribution < -0.4 is 0 Å². The first-order valence-corrected chi connectivity index (χ1v) is 8.66. The number of hydrogen-bond acceptors (Lipinski definition) is 3. The Bertz CT molecular complexity index is 758. The topological polar surface area (TPSA) is 53.3 Å². The zero-order chi connectivity index (χ0) is 18.2. The van der Waals surface area contributed by atoms with E-state index in [0.717, 1.165) is 24.8 Å². The van der Waals surface area contributed by atoms with Gasteiger partial charge in [-0.3, -0.25) is 4.90 Å². The molecule has 2 aliphatic heterocycles. The average Bonchev–Trinajstić information content (AvgIpc) is 2.78. The second-order valence-corrected chi connectivity index (χ2v) is 7.81. The molecule has 0 saturated carbocycles. The van der Waals surface area contributed by atoms with Crippen LogP contribution in [0, 0.1) is 17.1 Å². The Balaban J connectivity index is 1.78. The minimum absolute atomic E-state index is 0.0303. The van der Waals surface area contributed by atoms with Crippen LogP contribution in [0.3, 0.4) is 0 Å². The van der Waals surface area contributed by atoms with E-state index < -0.39 is 5.60 Å². The fourth-order valence-electron chi connectivity index (χ4n) is 3.71. The third-order valence-electron chi connectivity index (χ3n) is 4.68. The summed E-state index contributed by atoms with van der Waals surface area (Å²) in [5.41, 5.74) is 1.86. The van der Waals surface area contributed by atoms with Crippen LogP contribution in [0.25, 0.3) is 0 Å². The normalized spacial score (nSPS) is 22.4. The second kappa shape index (κ2) is 6.51. The molecule has 0 radical (unpaired) electrons. The highest BCUT2D eigenvalue weighted by molar-refractivity contribution is 5.70. The van der Waals surface area contributed by atoms with Gasteiger partial charge in [-0.15, -0.1) is 0 Å². The van der Waals surface area contributed by atoms with Gasteiger partial charge in [0.05, 0.1) is 17.7 Å². The number of nitriles is 1. The Hall–Kier alpha value is -2.35. The number of fused-ring (bicyclic) bond motifs is 2. The largest absolute Gasteiger partial charge is 0.444 e. The first-order chi connectivity index (χ1) is 11.8. The zero-order valence-electron chi connectivity index (χ0n) is 14.9. The number of benzene rings is 1. The lowest BCUT2D eigenvalue weighted by Gasteiger charge is -2.35. The number of ether oxygens (including phenoxy) is 1. The molecule has 1 fully saturated rings. The van der Waals surface area contributed by atoms with Crippen molar-refractivity contribution in [3.05, 3.63) is 46.8 Å². The van der Waals surface area contributed by atoms with Crippen LogP contribution in [-0.4, -0.2) is 28.7 Å². The monoisotopic (exact) mass is 342 g/mol. The predicted molar refractivity (Wildman–Crippen MR) is 92.4 cm³/mol. The van der Waals surface area contributed by atoms with Crippen LogP contribution in [-0.2, 0) is 11.2 Å². The van der Waals surface area contributed by atoms with Gasteiger partial charge in [0.2, 0.25) is 0 Å². The Kier molecular flexibility index (Phi) is 4.55. The molecule has 3 rings (SSSR count). The summed E-state index contributed by atoms with van der Waals surface area (Å²) in [5.74, 6) is -0.330. The third-order valence-corrected chi connectivity index (χ3v) is 4.68. The summed E-state index contributed by atoms with van der Waals surface area (Å²) in [6.07, 6.45) is 4.99. The van der Waals surface area contributed by atoms with Gasteiger partial charge in [-0.1, -0.05) is 11.6 Å². The molecule has 2 unspecified atom stereocenters. The fourth-order valence-corrected chi connectivity index (χ4v) is 3.71. The van der Waals surface area contributed by atoms with E-state index >= 15 is 0 Å². The van der Waals surface area contributed by atoms with Crippen molar-refractivity contribution >= 4 is 6.09 Å². The van der Waals surface area contributed by atoms with Gasteiger partial charge >= 0.3 is 6.09 Å². The average molecular weight is 342 g/mol. The quantitative estimate of drug-likeness (QED) is 0.751. The van der Waals surface area contributed by atoms with Gasteiger partial charge in [0.25, 0.3) is 0 Å². The van der Waals surface area contributed by atoms with E-state index in [1.165, 1.54) is 18.2 Å². The van der Waals surface area contributed by atoms with Crippen molar-refractivity contribution in [2.24, 2.45) is 0 Å². The Morgan fingerprint density at radius 3 is 2.80 bits per heavy atom. The number of rotatable bonds is 2. The third kappa shape index (κ3) is 3.84. The molecule has 2 atom stereocenters. The Labute approximate surface area is 147 Å². The van der Waals surface area contributed by atoms with Crippen LogP contribution >= 0.6 is 0 Å². The maximum Gasteiger partial charge on any atom is 0.411 e. The smallest absolute Gasteiger partial charge is 0.411 e. The summed E-state index contributed by atoms with van der Waals surface area (Å²) in [6.45, 7) is 5.60. The first-order valence-electron chi connectivity index (χ1n) is 8.66. The van der Waals surface area contributed by atoms with Crippen molar-refractivity contribution in [2.75, 3.05) is 0 Å². The highest BCUT2D eigenvalue weighted by Crippen LogP contribution is 2.37. The van der Waals surface area contributed by atoms with Gasteiger partial charge in [-0.05, 0) is 70.2 Å². The van der Waals surface area contributed by atoms with Crippen molar-refractivity contribution in [3.63, 3.8) is 0 Å². The van der Waals surface area contributed by atoms with Crippen molar-refractivity contribution in [2.45, 2.75) is 64.1 Å². The van der Waals surface area contributed by atoms with Gasteiger partial charge in [0, 0.05) is 6.04 Å². The standard InChI is InChI=1S/C20H23FN2O2/c1-20(2,3)25-19(24)23-17-6-7-18(23)10-13(9-17)8-15-11-16(21)5-4-14(15)12-22/h4-5,9,11,17-18H,6-8,10H2,1-3H3. The summed E-state index contributed by atoms with van der Waals surface area (Å²) < 4.78 is 19.1. The van der Waals surface area contributed by atoms with E-state index in [0.29, 0.717) is 17.5 Å². The molecule has 1 amide bonds.